The van der Waals surface area contributed by atoms with Crippen LogP contribution in [0.1, 0.15) is 25.7 Å². The summed E-state index contributed by atoms with van der Waals surface area (Å²) in [5.41, 5.74) is 0. The van der Waals surface area contributed by atoms with Gasteiger partial charge in [0.1, 0.15) is 0 Å². The maximum atomic E-state index is 11.7. The maximum Gasteiger partial charge on any atom is 0.321 e. The number of nitrogens with zero attached hydrogens (tertiary/aromatic N) is 1. The SMILES string of the molecule is O=C(CN1CCNCC1)NC(=O)NC1CCCC1. The number of amides is 3. The molecule has 0 aromatic carbocycles. The topological polar surface area (TPSA) is 73.5 Å². The van der Waals surface area contributed by atoms with E-state index in [0.29, 0.717) is 6.54 Å². The van der Waals surface area contributed by atoms with Crippen LogP contribution in [0.3, 0.4) is 0 Å². The summed E-state index contributed by atoms with van der Waals surface area (Å²) in [5, 5.41) is 8.47. The van der Waals surface area contributed by atoms with Gasteiger partial charge in [0, 0.05) is 32.2 Å². The highest BCUT2D eigenvalue weighted by atomic mass is 16.2. The second kappa shape index (κ2) is 6.70. The van der Waals surface area contributed by atoms with Gasteiger partial charge in [0.2, 0.25) is 5.91 Å². The normalized spacial score (nSPS) is 21.8. The van der Waals surface area contributed by atoms with Crippen LogP contribution in [0.15, 0.2) is 0 Å². The molecule has 1 heterocycles. The number of carbonyl (C=O) groups is 2. The van der Waals surface area contributed by atoms with Crippen molar-refractivity contribution in [2.24, 2.45) is 0 Å². The first-order valence-corrected chi connectivity index (χ1v) is 6.77. The van der Waals surface area contributed by atoms with Gasteiger partial charge in [-0.1, -0.05) is 12.8 Å². The molecule has 2 aliphatic rings. The number of hydrogen-bond donors (Lipinski definition) is 3. The van der Waals surface area contributed by atoms with E-state index in [1.807, 2.05) is 0 Å². The molecule has 2 rings (SSSR count). The molecule has 102 valence electrons. The Bertz CT molecular complexity index is 296. The monoisotopic (exact) mass is 254 g/mol. The molecule has 0 bridgehead atoms. The Morgan fingerprint density at radius 3 is 2.50 bits per heavy atom. The van der Waals surface area contributed by atoms with Gasteiger partial charge in [0.15, 0.2) is 0 Å². The minimum absolute atomic E-state index is 0.215. The third-order valence-corrected chi connectivity index (χ3v) is 3.52. The fraction of sp³-hybridized carbons (Fsp3) is 0.833. The Balaban J connectivity index is 1.64. The van der Waals surface area contributed by atoms with Crippen LogP contribution in [0.4, 0.5) is 4.79 Å². The van der Waals surface area contributed by atoms with E-state index in [2.05, 4.69) is 20.9 Å². The highest BCUT2D eigenvalue weighted by Gasteiger charge is 2.19. The highest BCUT2D eigenvalue weighted by molar-refractivity contribution is 5.95. The molecule has 1 aliphatic carbocycles. The van der Waals surface area contributed by atoms with Gasteiger partial charge >= 0.3 is 6.03 Å². The first-order valence-electron chi connectivity index (χ1n) is 6.77. The molecule has 0 spiro atoms. The summed E-state index contributed by atoms with van der Waals surface area (Å²) in [4.78, 5) is 25.3. The molecule has 0 radical (unpaired) electrons. The number of imide groups is 1. The summed E-state index contributed by atoms with van der Waals surface area (Å²) in [5.74, 6) is -0.215. The minimum Gasteiger partial charge on any atom is -0.335 e. The number of carbonyl (C=O) groups excluding carboxylic acids is 2. The average Bonchev–Trinajstić information content (AvgIpc) is 2.82. The van der Waals surface area contributed by atoms with Gasteiger partial charge in [0.25, 0.3) is 0 Å². The quantitative estimate of drug-likeness (QED) is 0.644. The Hall–Kier alpha value is -1.14. The summed E-state index contributed by atoms with van der Waals surface area (Å²) in [6, 6.07) is -0.0981. The largest absolute Gasteiger partial charge is 0.335 e. The molecule has 1 saturated heterocycles. The van der Waals surface area contributed by atoms with E-state index in [-0.39, 0.29) is 18.0 Å². The van der Waals surface area contributed by atoms with Gasteiger partial charge in [-0.15, -0.1) is 0 Å². The summed E-state index contributed by atoms with van der Waals surface area (Å²) in [6.45, 7) is 3.83. The van der Waals surface area contributed by atoms with Crippen LogP contribution in [0.5, 0.6) is 0 Å². The standard InChI is InChI=1S/C12H22N4O2/c17-11(9-16-7-5-13-6-8-16)15-12(18)14-10-3-1-2-4-10/h10,13H,1-9H2,(H2,14,15,17,18). The molecule has 6 nitrogen and oxygen atoms in total. The number of piperazine rings is 1. The van der Waals surface area contributed by atoms with E-state index < -0.39 is 0 Å². The van der Waals surface area contributed by atoms with Crippen molar-refractivity contribution in [2.45, 2.75) is 31.7 Å². The summed E-state index contributed by atoms with van der Waals surface area (Å²) >= 11 is 0. The lowest BCUT2D eigenvalue weighted by atomic mass is 10.2. The number of nitrogens with one attached hydrogen (secondary N) is 3. The Morgan fingerprint density at radius 1 is 1.17 bits per heavy atom. The van der Waals surface area contributed by atoms with Crippen molar-refractivity contribution < 1.29 is 9.59 Å². The van der Waals surface area contributed by atoms with Gasteiger partial charge in [-0.3, -0.25) is 15.0 Å². The highest BCUT2D eigenvalue weighted by Crippen LogP contribution is 2.17. The number of rotatable bonds is 3. The molecule has 2 fully saturated rings. The predicted octanol–water partition coefficient (Wildman–Crippen LogP) is -0.340. The lowest BCUT2D eigenvalue weighted by molar-refractivity contribution is -0.121. The van der Waals surface area contributed by atoms with Crippen LogP contribution in [0.25, 0.3) is 0 Å². The van der Waals surface area contributed by atoms with Crippen LogP contribution >= 0.6 is 0 Å². The average molecular weight is 254 g/mol. The van der Waals surface area contributed by atoms with E-state index in [4.69, 9.17) is 0 Å². The molecule has 18 heavy (non-hydrogen) atoms. The van der Waals surface area contributed by atoms with Crippen LogP contribution in [0, 0.1) is 0 Å². The molecule has 0 aromatic rings. The zero-order chi connectivity index (χ0) is 12.8. The Morgan fingerprint density at radius 2 is 1.83 bits per heavy atom. The third kappa shape index (κ3) is 4.27. The summed E-state index contributed by atoms with van der Waals surface area (Å²) in [7, 11) is 0. The molecule has 0 unspecified atom stereocenters. The lowest BCUT2D eigenvalue weighted by Gasteiger charge is -2.26. The van der Waals surface area contributed by atoms with Crippen molar-refractivity contribution in [2.75, 3.05) is 32.7 Å². The second-order valence-electron chi connectivity index (χ2n) is 5.03. The molecule has 1 aliphatic heterocycles. The van der Waals surface area contributed by atoms with Gasteiger partial charge in [-0.05, 0) is 12.8 Å². The Labute approximate surface area is 107 Å². The number of hydrogen-bond acceptors (Lipinski definition) is 4. The van der Waals surface area contributed by atoms with Gasteiger partial charge in [-0.2, -0.15) is 0 Å². The molecule has 0 atom stereocenters. The van der Waals surface area contributed by atoms with Crippen LogP contribution in [-0.4, -0.2) is 55.6 Å². The van der Waals surface area contributed by atoms with Crippen molar-refractivity contribution >= 4 is 11.9 Å². The van der Waals surface area contributed by atoms with Crippen molar-refractivity contribution in [3.05, 3.63) is 0 Å². The van der Waals surface area contributed by atoms with Crippen LogP contribution in [0.2, 0.25) is 0 Å². The summed E-state index contributed by atoms with van der Waals surface area (Å²) < 4.78 is 0. The fourth-order valence-electron chi connectivity index (χ4n) is 2.53. The van der Waals surface area contributed by atoms with Crippen LogP contribution in [-0.2, 0) is 4.79 Å². The second-order valence-corrected chi connectivity index (χ2v) is 5.03. The first kappa shape index (κ1) is 13.3. The van der Waals surface area contributed by atoms with E-state index in [9.17, 15) is 9.59 Å². The van der Waals surface area contributed by atoms with Crippen LogP contribution < -0.4 is 16.0 Å². The third-order valence-electron chi connectivity index (χ3n) is 3.52. The molecular weight excluding hydrogens is 232 g/mol. The van der Waals surface area contributed by atoms with Gasteiger partial charge in [-0.25, -0.2) is 4.79 Å². The fourth-order valence-corrected chi connectivity index (χ4v) is 2.53. The molecule has 3 N–H and O–H groups in total. The summed E-state index contributed by atoms with van der Waals surface area (Å²) in [6.07, 6.45) is 4.39. The van der Waals surface area contributed by atoms with E-state index >= 15 is 0 Å². The zero-order valence-corrected chi connectivity index (χ0v) is 10.7. The Kier molecular flexibility index (Phi) is 4.95. The van der Waals surface area contributed by atoms with Gasteiger partial charge in [0.05, 0.1) is 6.54 Å². The maximum absolute atomic E-state index is 11.7. The molecule has 3 amide bonds. The smallest absolute Gasteiger partial charge is 0.321 e. The van der Waals surface area contributed by atoms with Crippen molar-refractivity contribution in [3.63, 3.8) is 0 Å². The van der Waals surface area contributed by atoms with Crippen molar-refractivity contribution in [1.29, 1.82) is 0 Å². The predicted molar refractivity (Wildman–Crippen MR) is 68.2 cm³/mol. The van der Waals surface area contributed by atoms with Crippen molar-refractivity contribution in [1.82, 2.24) is 20.9 Å². The van der Waals surface area contributed by atoms with Gasteiger partial charge < -0.3 is 10.6 Å². The molecular formula is C12H22N4O2. The van der Waals surface area contributed by atoms with E-state index in [0.717, 1.165) is 39.0 Å². The molecule has 6 heteroatoms. The zero-order valence-electron chi connectivity index (χ0n) is 10.7. The van der Waals surface area contributed by atoms with E-state index in [1.165, 1.54) is 12.8 Å². The van der Waals surface area contributed by atoms with Crippen molar-refractivity contribution in [3.8, 4) is 0 Å². The number of urea groups is 1. The van der Waals surface area contributed by atoms with E-state index in [1.54, 1.807) is 0 Å². The lowest BCUT2D eigenvalue weighted by Crippen LogP contribution is -2.50. The molecule has 1 saturated carbocycles. The minimum atomic E-state index is -0.345. The first-order chi connectivity index (χ1) is 8.74. The molecule has 0 aromatic heterocycles.